The van der Waals surface area contributed by atoms with Crippen LogP contribution in [0.4, 0.5) is 0 Å². The first kappa shape index (κ1) is 10.7. The van der Waals surface area contributed by atoms with Gasteiger partial charge in [0.25, 0.3) is 0 Å². The Morgan fingerprint density at radius 2 is 2.38 bits per heavy atom. The van der Waals surface area contributed by atoms with Crippen LogP contribution in [0.5, 0.6) is 0 Å². The minimum absolute atomic E-state index is 0.769. The molecule has 0 radical (unpaired) electrons. The average Bonchev–Trinajstić information content (AvgIpc) is 2.52. The molecule has 76 valence electrons. The van der Waals surface area contributed by atoms with Crippen LogP contribution in [0.2, 0.25) is 0 Å². The highest BCUT2D eigenvalue weighted by atomic mass is 15.2. The Balaban J connectivity index is 2.30. The molecule has 0 aromatic carbocycles. The van der Waals surface area contributed by atoms with Crippen molar-refractivity contribution in [3.63, 3.8) is 0 Å². The molecule has 1 aliphatic rings. The molecule has 1 aliphatic heterocycles. The standard InChI is InChI=1S/C11H22N2/c1-4-13-7-5-6-11(13)8-10(2)9-12-3/h11-12H,2,4-9H2,1,3H3. The third kappa shape index (κ3) is 3.12. The third-order valence-corrected chi connectivity index (χ3v) is 2.86. The second kappa shape index (κ2) is 5.40. The summed E-state index contributed by atoms with van der Waals surface area (Å²) in [6, 6.07) is 0.769. The largest absolute Gasteiger partial charge is 0.316 e. The van der Waals surface area contributed by atoms with Crippen molar-refractivity contribution < 1.29 is 0 Å². The highest BCUT2D eigenvalue weighted by Crippen LogP contribution is 2.21. The van der Waals surface area contributed by atoms with Crippen molar-refractivity contribution >= 4 is 0 Å². The lowest BCUT2D eigenvalue weighted by Crippen LogP contribution is -2.30. The van der Waals surface area contributed by atoms with Crippen LogP contribution in [0.3, 0.4) is 0 Å². The summed E-state index contributed by atoms with van der Waals surface area (Å²) in [6.07, 6.45) is 3.90. The predicted octanol–water partition coefficient (Wildman–Crippen LogP) is 1.64. The van der Waals surface area contributed by atoms with Crippen LogP contribution >= 0.6 is 0 Å². The van der Waals surface area contributed by atoms with Gasteiger partial charge in [0.1, 0.15) is 0 Å². The zero-order valence-electron chi connectivity index (χ0n) is 8.97. The smallest absolute Gasteiger partial charge is 0.0159 e. The molecule has 1 atom stereocenters. The molecule has 0 aliphatic carbocycles. The van der Waals surface area contributed by atoms with Crippen LogP contribution < -0.4 is 5.32 Å². The van der Waals surface area contributed by atoms with Crippen LogP contribution in [-0.4, -0.2) is 37.6 Å². The average molecular weight is 182 g/mol. The Bertz CT molecular complexity index is 165. The summed E-state index contributed by atoms with van der Waals surface area (Å²) in [5, 5.41) is 3.16. The molecule has 1 saturated heterocycles. The van der Waals surface area contributed by atoms with Gasteiger partial charge in [-0.3, -0.25) is 0 Å². The van der Waals surface area contributed by atoms with E-state index in [2.05, 4.69) is 23.7 Å². The van der Waals surface area contributed by atoms with Gasteiger partial charge >= 0.3 is 0 Å². The summed E-state index contributed by atoms with van der Waals surface area (Å²) in [5.74, 6) is 0. The number of nitrogens with one attached hydrogen (secondary N) is 1. The molecule has 1 unspecified atom stereocenters. The second-order valence-electron chi connectivity index (χ2n) is 3.91. The number of rotatable bonds is 5. The van der Waals surface area contributed by atoms with Crippen molar-refractivity contribution in [1.82, 2.24) is 10.2 Å². The van der Waals surface area contributed by atoms with E-state index in [-0.39, 0.29) is 0 Å². The maximum absolute atomic E-state index is 4.09. The number of hydrogen-bond donors (Lipinski definition) is 1. The molecule has 1 heterocycles. The Hall–Kier alpha value is -0.340. The quantitative estimate of drug-likeness (QED) is 0.650. The maximum Gasteiger partial charge on any atom is 0.0159 e. The highest BCUT2D eigenvalue weighted by Gasteiger charge is 2.22. The van der Waals surface area contributed by atoms with Gasteiger partial charge in [-0.2, -0.15) is 0 Å². The minimum Gasteiger partial charge on any atom is -0.316 e. The summed E-state index contributed by atoms with van der Waals surface area (Å²) in [4.78, 5) is 2.57. The van der Waals surface area contributed by atoms with Crippen molar-refractivity contribution in [3.8, 4) is 0 Å². The van der Waals surface area contributed by atoms with Gasteiger partial charge in [0.15, 0.2) is 0 Å². The number of hydrogen-bond acceptors (Lipinski definition) is 2. The van der Waals surface area contributed by atoms with Crippen LogP contribution in [0, 0.1) is 0 Å². The Kier molecular flexibility index (Phi) is 4.46. The van der Waals surface area contributed by atoms with E-state index in [1.54, 1.807) is 0 Å². The first-order chi connectivity index (χ1) is 6.27. The van der Waals surface area contributed by atoms with Gasteiger partial charge in [0, 0.05) is 12.6 Å². The minimum atomic E-state index is 0.769. The van der Waals surface area contributed by atoms with E-state index in [0.717, 1.165) is 12.6 Å². The van der Waals surface area contributed by atoms with Crippen molar-refractivity contribution in [2.45, 2.75) is 32.2 Å². The summed E-state index contributed by atoms with van der Waals surface area (Å²) >= 11 is 0. The number of nitrogens with zero attached hydrogens (tertiary/aromatic N) is 1. The van der Waals surface area contributed by atoms with E-state index >= 15 is 0 Å². The van der Waals surface area contributed by atoms with Gasteiger partial charge in [-0.25, -0.2) is 0 Å². The van der Waals surface area contributed by atoms with E-state index in [1.807, 2.05) is 7.05 Å². The summed E-state index contributed by atoms with van der Waals surface area (Å²) < 4.78 is 0. The highest BCUT2D eigenvalue weighted by molar-refractivity contribution is 5.01. The molecular formula is C11H22N2. The third-order valence-electron chi connectivity index (χ3n) is 2.86. The van der Waals surface area contributed by atoms with Crippen molar-refractivity contribution in [2.75, 3.05) is 26.7 Å². The van der Waals surface area contributed by atoms with Crippen molar-refractivity contribution in [1.29, 1.82) is 0 Å². The van der Waals surface area contributed by atoms with E-state index < -0.39 is 0 Å². The molecule has 0 aromatic heterocycles. The van der Waals surface area contributed by atoms with E-state index in [9.17, 15) is 0 Å². The molecule has 1 N–H and O–H groups in total. The van der Waals surface area contributed by atoms with Gasteiger partial charge in [0.05, 0.1) is 0 Å². The van der Waals surface area contributed by atoms with Crippen LogP contribution in [0.15, 0.2) is 12.2 Å². The number of likely N-dealkylation sites (tertiary alicyclic amines) is 1. The van der Waals surface area contributed by atoms with Gasteiger partial charge in [-0.1, -0.05) is 19.1 Å². The first-order valence-electron chi connectivity index (χ1n) is 5.33. The predicted molar refractivity (Wildman–Crippen MR) is 58.0 cm³/mol. The molecule has 2 heteroatoms. The molecule has 1 fully saturated rings. The Labute approximate surface area is 82.0 Å². The van der Waals surface area contributed by atoms with E-state index in [4.69, 9.17) is 0 Å². The topological polar surface area (TPSA) is 15.3 Å². The van der Waals surface area contributed by atoms with Crippen molar-refractivity contribution in [3.05, 3.63) is 12.2 Å². The number of likely N-dealkylation sites (N-methyl/N-ethyl adjacent to an activating group) is 1. The molecule has 0 bridgehead atoms. The van der Waals surface area contributed by atoms with E-state index in [0.29, 0.717) is 0 Å². The zero-order valence-corrected chi connectivity index (χ0v) is 8.97. The second-order valence-corrected chi connectivity index (χ2v) is 3.91. The van der Waals surface area contributed by atoms with Crippen LogP contribution in [-0.2, 0) is 0 Å². The monoisotopic (exact) mass is 182 g/mol. The molecule has 0 saturated carbocycles. The summed E-state index contributed by atoms with van der Waals surface area (Å²) in [5.41, 5.74) is 1.34. The first-order valence-corrected chi connectivity index (χ1v) is 5.33. The normalized spacial score (nSPS) is 23.7. The molecule has 2 nitrogen and oxygen atoms in total. The summed E-state index contributed by atoms with van der Waals surface area (Å²) in [6.45, 7) is 9.78. The molecular weight excluding hydrogens is 160 g/mol. The molecule has 0 amide bonds. The molecule has 0 spiro atoms. The van der Waals surface area contributed by atoms with Crippen LogP contribution in [0.1, 0.15) is 26.2 Å². The fourth-order valence-electron chi connectivity index (χ4n) is 2.20. The SMILES string of the molecule is C=C(CNC)CC1CCCN1CC. The molecule has 13 heavy (non-hydrogen) atoms. The van der Waals surface area contributed by atoms with Crippen molar-refractivity contribution in [2.24, 2.45) is 0 Å². The Morgan fingerprint density at radius 1 is 1.62 bits per heavy atom. The fourth-order valence-corrected chi connectivity index (χ4v) is 2.20. The zero-order chi connectivity index (χ0) is 9.68. The lowest BCUT2D eigenvalue weighted by atomic mass is 10.1. The van der Waals surface area contributed by atoms with Gasteiger partial charge in [-0.15, -0.1) is 0 Å². The van der Waals surface area contributed by atoms with Gasteiger partial charge in [0.2, 0.25) is 0 Å². The fraction of sp³-hybridized carbons (Fsp3) is 0.818. The van der Waals surface area contributed by atoms with Crippen LogP contribution in [0.25, 0.3) is 0 Å². The molecule has 1 rings (SSSR count). The lowest BCUT2D eigenvalue weighted by molar-refractivity contribution is 0.265. The Morgan fingerprint density at radius 3 is 3.00 bits per heavy atom. The lowest BCUT2D eigenvalue weighted by Gasteiger charge is -2.23. The maximum atomic E-state index is 4.09. The molecule has 0 aromatic rings. The van der Waals surface area contributed by atoms with Gasteiger partial charge < -0.3 is 10.2 Å². The van der Waals surface area contributed by atoms with E-state index in [1.165, 1.54) is 37.9 Å². The summed E-state index contributed by atoms with van der Waals surface area (Å²) in [7, 11) is 1.98. The van der Waals surface area contributed by atoms with Gasteiger partial charge in [-0.05, 0) is 39.4 Å².